The third-order valence-corrected chi connectivity index (χ3v) is 11.4. The number of rotatable bonds is 0. The molecule has 2 aliphatic heterocycles. The van der Waals surface area contributed by atoms with E-state index in [4.69, 9.17) is 9.47 Å². The summed E-state index contributed by atoms with van der Waals surface area (Å²) in [5.74, 6) is -0.966. The summed E-state index contributed by atoms with van der Waals surface area (Å²) in [7, 11) is 0. The van der Waals surface area contributed by atoms with E-state index in [2.05, 4.69) is 19.9 Å². The summed E-state index contributed by atoms with van der Waals surface area (Å²) in [5.41, 5.74) is -2.52. The molecule has 5 saturated carbocycles. The maximum atomic E-state index is 13.7. The van der Waals surface area contributed by atoms with Gasteiger partial charge in [0.05, 0.1) is 23.5 Å². The van der Waals surface area contributed by atoms with Gasteiger partial charge in [-0.3, -0.25) is 14.4 Å². The number of nitriles is 1. The number of carbonyl (C=O) groups is 3. The van der Waals surface area contributed by atoms with Crippen LogP contribution < -0.4 is 0 Å². The first-order valence-corrected chi connectivity index (χ1v) is 11.6. The number of hydrogen-bond donors (Lipinski definition) is 0. The molecule has 0 amide bonds. The van der Waals surface area contributed by atoms with Crippen molar-refractivity contribution >= 4 is 17.5 Å². The molecule has 10 atom stereocenters. The summed E-state index contributed by atoms with van der Waals surface area (Å²) < 4.78 is 12.6. The van der Waals surface area contributed by atoms with Crippen LogP contribution in [0.3, 0.4) is 0 Å². The Bertz CT molecular complexity index is 1000. The molecule has 0 aromatic carbocycles. The summed E-state index contributed by atoms with van der Waals surface area (Å²) in [6.45, 7) is 4.39. The van der Waals surface area contributed by atoms with Crippen molar-refractivity contribution in [3.05, 3.63) is 0 Å². The normalized spacial score (nSPS) is 61.9. The fourth-order valence-corrected chi connectivity index (χ4v) is 10.1. The number of ether oxygens (including phenoxy) is 2. The van der Waals surface area contributed by atoms with Crippen molar-refractivity contribution in [3.8, 4) is 6.07 Å². The fourth-order valence-electron chi connectivity index (χ4n) is 10.1. The van der Waals surface area contributed by atoms with Gasteiger partial charge in [0, 0.05) is 35.5 Å². The Kier molecular flexibility index (Phi) is 2.80. The number of hydrogen-bond acceptors (Lipinski definition) is 6. The molecule has 2 spiro atoms. The van der Waals surface area contributed by atoms with Crippen LogP contribution in [0.15, 0.2) is 0 Å². The Hall–Kier alpha value is -1.74. The molecule has 158 valence electrons. The third kappa shape index (κ3) is 1.43. The highest BCUT2D eigenvalue weighted by atomic mass is 16.6. The molecule has 8 unspecified atom stereocenters. The fraction of sp³-hybridized carbons (Fsp3) is 0.833. The molecular weight excluding hydrogens is 382 g/mol. The molecule has 7 rings (SSSR count). The molecule has 7 aliphatic rings. The molecule has 0 aromatic rings. The molecule has 2 bridgehead atoms. The second kappa shape index (κ2) is 4.70. The zero-order valence-electron chi connectivity index (χ0n) is 17.5. The van der Waals surface area contributed by atoms with Gasteiger partial charge in [0.2, 0.25) is 0 Å². The predicted molar refractivity (Wildman–Crippen MR) is 102 cm³/mol. The van der Waals surface area contributed by atoms with E-state index in [1.54, 1.807) is 0 Å². The molecule has 5 aliphatic carbocycles. The SMILES string of the molecule is C[C@]12CCC(=O)C3C(=O)C(CC31C#N)C1C3CCC4(CCC(=O)O4)[C@@]3(C)CC3OC312. The molecule has 0 N–H and O–H groups in total. The summed E-state index contributed by atoms with van der Waals surface area (Å²) in [6.07, 6.45) is 5.30. The van der Waals surface area contributed by atoms with Crippen molar-refractivity contribution in [2.45, 2.75) is 82.5 Å². The van der Waals surface area contributed by atoms with E-state index >= 15 is 0 Å². The van der Waals surface area contributed by atoms with Crippen molar-refractivity contribution < 1.29 is 23.9 Å². The third-order valence-electron chi connectivity index (χ3n) is 11.4. The number of ketones is 2. The van der Waals surface area contributed by atoms with Gasteiger partial charge in [0.25, 0.3) is 0 Å². The first kappa shape index (κ1) is 17.9. The Morgan fingerprint density at radius 3 is 2.57 bits per heavy atom. The number of carbonyl (C=O) groups excluding carboxylic acids is 3. The molecule has 2 heterocycles. The number of nitrogens with zero attached hydrogens (tertiary/aromatic N) is 1. The monoisotopic (exact) mass is 409 g/mol. The largest absolute Gasteiger partial charge is 0.458 e. The average Bonchev–Trinajstić information content (AvgIpc) is 3.01. The Morgan fingerprint density at radius 1 is 1.07 bits per heavy atom. The molecular formula is C24H27NO5. The van der Waals surface area contributed by atoms with E-state index in [0.29, 0.717) is 25.7 Å². The smallest absolute Gasteiger partial charge is 0.306 e. The lowest BCUT2D eigenvalue weighted by Crippen LogP contribution is -2.66. The highest BCUT2D eigenvalue weighted by molar-refractivity contribution is 6.08. The quantitative estimate of drug-likeness (QED) is 0.347. The zero-order valence-corrected chi connectivity index (χ0v) is 17.5. The Morgan fingerprint density at radius 2 is 1.87 bits per heavy atom. The molecule has 6 nitrogen and oxygen atoms in total. The maximum Gasteiger partial charge on any atom is 0.306 e. The van der Waals surface area contributed by atoms with E-state index < -0.39 is 27.9 Å². The zero-order chi connectivity index (χ0) is 20.9. The summed E-state index contributed by atoms with van der Waals surface area (Å²) >= 11 is 0. The lowest BCUT2D eigenvalue weighted by atomic mass is 9.39. The van der Waals surface area contributed by atoms with E-state index in [0.717, 1.165) is 25.7 Å². The van der Waals surface area contributed by atoms with Crippen LogP contribution in [0.25, 0.3) is 0 Å². The minimum Gasteiger partial charge on any atom is -0.458 e. The van der Waals surface area contributed by atoms with Gasteiger partial charge in [-0.2, -0.15) is 5.26 Å². The van der Waals surface area contributed by atoms with Gasteiger partial charge in [-0.25, -0.2) is 0 Å². The number of esters is 1. The minimum absolute atomic E-state index is 0.00258. The topological polar surface area (TPSA) is 96.8 Å². The first-order chi connectivity index (χ1) is 14.2. The van der Waals surface area contributed by atoms with Crippen LogP contribution in [0.5, 0.6) is 0 Å². The maximum absolute atomic E-state index is 13.7. The van der Waals surface area contributed by atoms with Crippen LogP contribution in [-0.4, -0.2) is 34.8 Å². The summed E-state index contributed by atoms with van der Waals surface area (Å²) in [6, 6.07) is 2.53. The van der Waals surface area contributed by atoms with E-state index in [1.165, 1.54) is 0 Å². The van der Waals surface area contributed by atoms with Gasteiger partial charge in [-0.15, -0.1) is 0 Å². The minimum atomic E-state index is -0.917. The number of epoxide rings is 1. The van der Waals surface area contributed by atoms with Crippen LogP contribution in [0, 0.1) is 51.2 Å². The molecule has 0 aromatic heterocycles. The molecule has 0 radical (unpaired) electrons. The number of Topliss-reactive ketones (excluding diaryl/α,β-unsaturated/α-hetero) is 2. The van der Waals surface area contributed by atoms with Gasteiger partial charge in [-0.1, -0.05) is 13.8 Å². The predicted octanol–water partition coefficient (Wildman–Crippen LogP) is 2.73. The van der Waals surface area contributed by atoms with Crippen molar-refractivity contribution in [2.24, 2.45) is 39.9 Å². The highest BCUT2D eigenvalue weighted by Gasteiger charge is 2.90. The highest BCUT2D eigenvalue weighted by Crippen LogP contribution is 2.83. The lowest BCUT2D eigenvalue weighted by molar-refractivity contribution is -0.174. The van der Waals surface area contributed by atoms with Gasteiger partial charge in [0.1, 0.15) is 22.8 Å². The van der Waals surface area contributed by atoms with Crippen LogP contribution in [0.1, 0.15) is 65.2 Å². The average molecular weight is 409 g/mol. The van der Waals surface area contributed by atoms with Crippen molar-refractivity contribution in [3.63, 3.8) is 0 Å². The van der Waals surface area contributed by atoms with E-state index in [9.17, 15) is 19.6 Å². The van der Waals surface area contributed by atoms with E-state index in [1.807, 2.05) is 0 Å². The molecule has 6 heteroatoms. The summed E-state index contributed by atoms with van der Waals surface area (Å²) in [4.78, 5) is 38.7. The van der Waals surface area contributed by atoms with E-state index in [-0.39, 0.29) is 46.8 Å². The van der Waals surface area contributed by atoms with Gasteiger partial charge < -0.3 is 9.47 Å². The van der Waals surface area contributed by atoms with Crippen LogP contribution in [0.2, 0.25) is 0 Å². The van der Waals surface area contributed by atoms with Crippen LogP contribution in [0.4, 0.5) is 0 Å². The second-order valence-corrected chi connectivity index (χ2v) is 11.7. The van der Waals surface area contributed by atoms with Gasteiger partial charge in [-0.05, 0) is 44.4 Å². The number of fused-ring (bicyclic) bond motifs is 5. The van der Waals surface area contributed by atoms with Crippen molar-refractivity contribution in [2.75, 3.05) is 0 Å². The van der Waals surface area contributed by atoms with Crippen LogP contribution >= 0.6 is 0 Å². The Labute approximate surface area is 175 Å². The van der Waals surface area contributed by atoms with Gasteiger partial charge in [0.15, 0.2) is 0 Å². The Balaban J connectivity index is 1.42. The van der Waals surface area contributed by atoms with Crippen LogP contribution in [-0.2, 0) is 23.9 Å². The standard InChI is InChI=1S/C24H27NO5/c1-20-10-15-24(29-15)17(13(20)3-7-23(20)8-5-16(27)30-23)12-9-22(11-25)18(19(12)28)14(26)4-6-21(22,24)2/h12-13,15,17-18H,3-10H2,1-2H3/t12?,13?,15?,17?,18?,20-,21-,22?,23?,24?/m0/s1. The lowest BCUT2D eigenvalue weighted by Gasteiger charge is -2.60. The van der Waals surface area contributed by atoms with Crippen molar-refractivity contribution in [1.82, 2.24) is 0 Å². The molecule has 30 heavy (non-hydrogen) atoms. The molecule has 2 saturated heterocycles. The first-order valence-electron chi connectivity index (χ1n) is 11.6. The second-order valence-electron chi connectivity index (χ2n) is 11.7. The van der Waals surface area contributed by atoms with Gasteiger partial charge >= 0.3 is 5.97 Å². The molecule has 7 fully saturated rings. The van der Waals surface area contributed by atoms with Crippen molar-refractivity contribution in [1.29, 1.82) is 5.26 Å². The summed E-state index contributed by atoms with van der Waals surface area (Å²) in [5, 5.41) is 10.4.